The lowest BCUT2D eigenvalue weighted by Crippen LogP contribution is -2.15. The van der Waals surface area contributed by atoms with Gasteiger partial charge in [0.15, 0.2) is 0 Å². The highest BCUT2D eigenvalue weighted by Gasteiger charge is 2.18. The lowest BCUT2D eigenvalue weighted by molar-refractivity contribution is 0.0946. The van der Waals surface area contributed by atoms with Crippen molar-refractivity contribution in [3.05, 3.63) is 48.7 Å². The zero-order chi connectivity index (χ0) is 15.9. The average molecular weight is 318 g/mol. The molecule has 5 heteroatoms. The first kappa shape index (κ1) is 13.7. The second-order valence-electron chi connectivity index (χ2n) is 6.36. The number of aromatic amines is 1. The Balaban J connectivity index is 1.54. The lowest BCUT2D eigenvalue weighted by atomic mass is 10.0. The molecule has 5 nitrogen and oxygen atoms in total. The highest BCUT2D eigenvalue weighted by atomic mass is 16.5. The normalized spacial score (nSPS) is 17.9. The molecule has 0 saturated carbocycles. The Morgan fingerprint density at radius 1 is 1.21 bits per heavy atom. The Labute approximate surface area is 139 Å². The van der Waals surface area contributed by atoms with E-state index in [1.807, 2.05) is 10.7 Å². The predicted octanol–water partition coefficient (Wildman–Crippen LogP) is 3.76. The van der Waals surface area contributed by atoms with Crippen LogP contribution in [0.2, 0.25) is 0 Å². The Morgan fingerprint density at radius 3 is 3.08 bits per heavy atom. The van der Waals surface area contributed by atoms with Gasteiger partial charge in [-0.1, -0.05) is 29.5 Å². The number of ether oxygens (including phenoxy) is 1. The lowest BCUT2D eigenvalue weighted by Gasteiger charge is -2.09. The monoisotopic (exact) mass is 318 g/mol. The van der Waals surface area contributed by atoms with Gasteiger partial charge in [-0.2, -0.15) is 0 Å². The van der Waals surface area contributed by atoms with E-state index in [4.69, 9.17) is 4.74 Å². The number of nitrogens with one attached hydrogen (secondary N) is 1. The molecule has 3 heterocycles. The van der Waals surface area contributed by atoms with Crippen LogP contribution in [0.5, 0.6) is 0 Å². The largest absolute Gasteiger partial charge is 0.376 e. The second-order valence-corrected chi connectivity index (χ2v) is 6.36. The predicted molar refractivity (Wildman–Crippen MR) is 93.8 cm³/mol. The van der Waals surface area contributed by atoms with Gasteiger partial charge in [-0.05, 0) is 36.6 Å². The number of aromatic nitrogens is 4. The molecule has 1 aliphatic rings. The van der Waals surface area contributed by atoms with Gasteiger partial charge in [0.1, 0.15) is 5.52 Å². The van der Waals surface area contributed by atoms with Crippen LogP contribution in [0.25, 0.3) is 33.1 Å². The number of rotatable bonds is 3. The van der Waals surface area contributed by atoms with Crippen molar-refractivity contribution in [3.8, 4) is 11.1 Å². The van der Waals surface area contributed by atoms with Crippen LogP contribution < -0.4 is 0 Å². The minimum absolute atomic E-state index is 0.267. The van der Waals surface area contributed by atoms with Crippen molar-refractivity contribution in [3.63, 3.8) is 0 Å². The van der Waals surface area contributed by atoms with E-state index < -0.39 is 0 Å². The van der Waals surface area contributed by atoms with Gasteiger partial charge < -0.3 is 9.72 Å². The molecule has 1 fully saturated rings. The summed E-state index contributed by atoms with van der Waals surface area (Å²) in [5.41, 5.74) is 5.49. The molecule has 0 spiro atoms. The van der Waals surface area contributed by atoms with E-state index >= 15 is 0 Å². The van der Waals surface area contributed by atoms with Crippen molar-refractivity contribution in [2.45, 2.75) is 25.5 Å². The summed E-state index contributed by atoms with van der Waals surface area (Å²) in [6, 6.07) is 14.7. The van der Waals surface area contributed by atoms with E-state index in [1.165, 1.54) is 10.9 Å². The number of nitrogens with zero attached hydrogens (tertiary/aromatic N) is 3. The number of hydrogen-bond donors (Lipinski definition) is 1. The Kier molecular flexibility index (Phi) is 3.13. The van der Waals surface area contributed by atoms with Gasteiger partial charge in [-0.3, -0.25) is 0 Å². The summed E-state index contributed by atoms with van der Waals surface area (Å²) in [6.45, 7) is 1.64. The zero-order valence-corrected chi connectivity index (χ0v) is 13.3. The van der Waals surface area contributed by atoms with Gasteiger partial charge >= 0.3 is 0 Å². The quantitative estimate of drug-likeness (QED) is 0.626. The second kappa shape index (κ2) is 5.46. The number of fused-ring (bicyclic) bond motifs is 2. The SMILES string of the molecule is c1ccc2c(-c3ccc4c(c3)nnn4CC3CCCO3)c[nH]c2c1. The van der Waals surface area contributed by atoms with E-state index in [2.05, 4.69) is 57.9 Å². The zero-order valence-electron chi connectivity index (χ0n) is 13.3. The smallest absolute Gasteiger partial charge is 0.113 e. The van der Waals surface area contributed by atoms with Crippen molar-refractivity contribution < 1.29 is 4.74 Å². The Hall–Kier alpha value is -2.66. The fourth-order valence-corrected chi connectivity index (χ4v) is 3.57. The summed E-state index contributed by atoms with van der Waals surface area (Å²) >= 11 is 0. The molecule has 24 heavy (non-hydrogen) atoms. The summed E-state index contributed by atoms with van der Waals surface area (Å²) < 4.78 is 7.68. The topological polar surface area (TPSA) is 55.7 Å². The molecular weight excluding hydrogens is 300 g/mol. The minimum atomic E-state index is 0.267. The maximum absolute atomic E-state index is 5.71. The highest BCUT2D eigenvalue weighted by molar-refractivity contribution is 5.97. The first-order valence-corrected chi connectivity index (χ1v) is 8.40. The van der Waals surface area contributed by atoms with Crippen molar-refractivity contribution in [1.82, 2.24) is 20.0 Å². The molecule has 0 bridgehead atoms. The van der Waals surface area contributed by atoms with Crippen molar-refractivity contribution in [2.24, 2.45) is 0 Å². The maximum atomic E-state index is 5.71. The van der Waals surface area contributed by atoms with Crippen LogP contribution in [0.15, 0.2) is 48.7 Å². The van der Waals surface area contributed by atoms with Crippen LogP contribution >= 0.6 is 0 Å². The molecule has 1 saturated heterocycles. The van der Waals surface area contributed by atoms with E-state index in [0.717, 1.165) is 48.1 Å². The molecule has 1 unspecified atom stereocenters. The third-order valence-corrected chi connectivity index (χ3v) is 4.81. The van der Waals surface area contributed by atoms with Crippen LogP contribution in [-0.4, -0.2) is 32.7 Å². The summed E-state index contributed by atoms with van der Waals surface area (Å²) in [4.78, 5) is 3.33. The molecule has 1 N–H and O–H groups in total. The molecule has 2 aromatic heterocycles. The minimum Gasteiger partial charge on any atom is -0.376 e. The molecule has 0 radical (unpaired) electrons. The van der Waals surface area contributed by atoms with Crippen LogP contribution in [0.4, 0.5) is 0 Å². The number of para-hydroxylation sites is 1. The fraction of sp³-hybridized carbons (Fsp3) is 0.263. The van der Waals surface area contributed by atoms with Crippen LogP contribution in [-0.2, 0) is 11.3 Å². The summed E-state index contributed by atoms with van der Waals surface area (Å²) in [5.74, 6) is 0. The van der Waals surface area contributed by atoms with Gasteiger partial charge in [0, 0.05) is 29.3 Å². The third kappa shape index (κ3) is 2.20. The van der Waals surface area contributed by atoms with Gasteiger partial charge in [-0.15, -0.1) is 5.10 Å². The van der Waals surface area contributed by atoms with Crippen molar-refractivity contribution >= 4 is 21.9 Å². The molecule has 2 aromatic carbocycles. The highest BCUT2D eigenvalue weighted by Crippen LogP contribution is 2.30. The third-order valence-electron chi connectivity index (χ3n) is 4.81. The Bertz CT molecular complexity index is 1010. The first-order chi connectivity index (χ1) is 11.9. The summed E-state index contributed by atoms with van der Waals surface area (Å²) in [5, 5.41) is 9.91. The molecule has 1 aliphatic heterocycles. The van der Waals surface area contributed by atoms with Crippen molar-refractivity contribution in [1.29, 1.82) is 0 Å². The van der Waals surface area contributed by atoms with Crippen LogP contribution in [0.1, 0.15) is 12.8 Å². The van der Waals surface area contributed by atoms with E-state index in [-0.39, 0.29) is 6.10 Å². The van der Waals surface area contributed by atoms with Crippen LogP contribution in [0.3, 0.4) is 0 Å². The van der Waals surface area contributed by atoms with Crippen molar-refractivity contribution in [2.75, 3.05) is 6.61 Å². The molecule has 4 aromatic rings. The maximum Gasteiger partial charge on any atom is 0.113 e. The molecule has 120 valence electrons. The fourth-order valence-electron chi connectivity index (χ4n) is 3.57. The standard InChI is InChI=1S/C19H18N4O/c1-2-6-17-15(5-1)16(11-20-17)13-7-8-19-18(10-13)21-22-23(19)12-14-4-3-9-24-14/h1-2,5-8,10-11,14,20H,3-4,9,12H2. The van der Waals surface area contributed by atoms with Gasteiger partial charge in [0.25, 0.3) is 0 Å². The molecule has 0 aliphatic carbocycles. The van der Waals surface area contributed by atoms with E-state index in [9.17, 15) is 0 Å². The van der Waals surface area contributed by atoms with Gasteiger partial charge in [0.05, 0.1) is 18.2 Å². The number of H-pyrrole nitrogens is 1. The summed E-state index contributed by atoms with van der Waals surface area (Å²) in [6.07, 6.45) is 4.57. The summed E-state index contributed by atoms with van der Waals surface area (Å²) in [7, 11) is 0. The van der Waals surface area contributed by atoms with Crippen LogP contribution in [0, 0.1) is 0 Å². The Morgan fingerprint density at radius 2 is 2.17 bits per heavy atom. The molecule has 1 atom stereocenters. The van der Waals surface area contributed by atoms with Gasteiger partial charge in [0.2, 0.25) is 0 Å². The van der Waals surface area contributed by atoms with E-state index in [1.54, 1.807) is 0 Å². The van der Waals surface area contributed by atoms with E-state index in [0.29, 0.717) is 0 Å². The molecule has 5 rings (SSSR count). The molecule has 0 amide bonds. The average Bonchev–Trinajstić information content (AvgIpc) is 3.35. The molecular formula is C19H18N4O. The number of hydrogen-bond acceptors (Lipinski definition) is 3. The number of benzene rings is 2. The van der Waals surface area contributed by atoms with Gasteiger partial charge in [-0.25, -0.2) is 4.68 Å². The first-order valence-electron chi connectivity index (χ1n) is 8.40.